The molecule has 3 nitrogen and oxygen atoms in total. The Morgan fingerprint density at radius 2 is 2.00 bits per heavy atom. The van der Waals surface area contributed by atoms with Crippen LogP contribution < -0.4 is 10.4 Å². The number of nitrogens with zero attached hydrogens (tertiary/aromatic N) is 1. The highest BCUT2D eigenvalue weighted by Gasteiger charge is 2.17. The third-order valence-corrected chi connectivity index (χ3v) is 2.39. The summed E-state index contributed by atoms with van der Waals surface area (Å²) in [6.07, 6.45) is 0. The van der Waals surface area contributed by atoms with Crippen molar-refractivity contribution in [1.82, 2.24) is 4.73 Å². The molecular formula is C10H8ClNO2. The summed E-state index contributed by atoms with van der Waals surface area (Å²) in [5.74, 6) is 0. The van der Waals surface area contributed by atoms with Gasteiger partial charge in [0.05, 0.1) is 5.69 Å². The van der Waals surface area contributed by atoms with Crippen molar-refractivity contribution in [2.24, 2.45) is 0 Å². The van der Waals surface area contributed by atoms with E-state index >= 15 is 0 Å². The molecule has 0 aromatic rings. The minimum absolute atomic E-state index is 0.193. The van der Waals surface area contributed by atoms with E-state index in [1.807, 2.05) is 18.2 Å². The summed E-state index contributed by atoms with van der Waals surface area (Å²) in [5.41, 5.74) is 1.05. The Hall–Kier alpha value is -1.48. The second-order valence-corrected chi connectivity index (χ2v) is 3.18. The van der Waals surface area contributed by atoms with Crippen LogP contribution >= 0.6 is 11.6 Å². The van der Waals surface area contributed by atoms with Crippen LogP contribution in [0.1, 0.15) is 0 Å². The molecule has 0 aromatic carbocycles. The fraction of sp³-hybridized carbons (Fsp3) is 0.100. The summed E-state index contributed by atoms with van der Waals surface area (Å²) in [6.45, 7) is 0. The molecule has 0 spiro atoms. The SMILES string of the molecule is COn1c2cccccc-2c(Cl)c1=O. The van der Waals surface area contributed by atoms with Gasteiger partial charge in [0, 0.05) is 5.56 Å². The average molecular weight is 210 g/mol. The molecule has 0 saturated heterocycles. The number of rotatable bonds is 1. The number of hydrogen-bond donors (Lipinski definition) is 0. The van der Waals surface area contributed by atoms with Gasteiger partial charge in [0.15, 0.2) is 0 Å². The van der Waals surface area contributed by atoms with Gasteiger partial charge in [-0.15, -0.1) is 4.73 Å². The molecule has 1 aliphatic carbocycles. The first-order valence-electron chi connectivity index (χ1n) is 4.09. The van der Waals surface area contributed by atoms with E-state index in [2.05, 4.69) is 0 Å². The largest absolute Gasteiger partial charge is 0.413 e. The summed E-state index contributed by atoms with van der Waals surface area (Å²) >= 11 is 5.87. The van der Waals surface area contributed by atoms with Gasteiger partial charge in [-0.25, -0.2) is 0 Å². The zero-order valence-electron chi connectivity index (χ0n) is 7.53. The zero-order valence-corrected chi connectivity index (χ0v) is 8.28. The zero-order chi connectivity index (χ0) is 10.1. The molecule has 4 heteroatoms. The van der Waals surface area contributed by atoms with Crippen LogP contribution in [-0.4, -0.2) is 11.8 Å². The molecule has 0 fully saturated rings. The van der Waals surface area contributed by atoms with Crippen LogP contribution in [0.2, 0.25) is 5.02 Å². The fourth-order valence-electron chi connectivity index (χ4n) is 1.40. The maximum Gasteiger partial charge on any atom is 0.303 e. The lowest BCUT2D eigenvalue weighted by atomic mass is 10.2. The van der Waals surface area contributed by atoms with Crippen molar-refractivity contribution < 1.29 is 4.84 Å². The van der Waals surface area contributed by atoms with Gasteiger partial charge in [-0.05, 0) is 6.07 Å². The van der Waals surface area contributed by atoms with Crippen molar-refractivity contribution in [2.45, 2.75) is 0 Å². The Morgan fingerprint density at radius 1 is 1.29 bits per heavy atom. The normalized spacial score (nSPS) is 10.4. The highest BCUT2D eigenvalue weighted by Crippen LogP contribution is 2.25. The van der Waals surface area contributed by atoms with E-state index in [-0.39, 0.29) is 10.6 Å². The Bertz CT molecular complexity index is 492. The van der Waals surface area contributed by atoms with Gasteiger partial charge in [-0.3, -0.25) is 4.79 Å². The van der Waals surface area contributed by atoms with E-state index in [1.54, 1.807) is 12.1 Å². The summed E-state index contributed by atoms with van der Waals surface area (Å²) < 4.78 is 1.18. The van der Waals surface area contributed by atoms with E-state index in [0.29, 0.717) is 11.3 Å². The minimum Gasteiger partial charge on any atom is -0.413 e. The van der Waals surface area contributed by atoms with Crippen LogP contribution in [0.5, 0.6) is 0 Å². The maximum atomic E-state index is 11.5. The van der Waals surface area contributed by atoms with Crippen LogP contribution in [0.15, 0.2) is 35.1 Å². The Balaban J connectivity index is 2.88. The number of aromatic nitrogens is 1. The first kappa shape index (κ1) is 9.09. The third-order valence-electron chi connectivity index (χ3n) is 2.03. The highest BCUT2D eigenvalue weighted by molar-refractivity contribution is 6.33. The Morgan fingerprint density at radius 3 is 2.71 bits per heavy atom. The molecule has 0 saturated carbocycles. The molecule has 0 unspecified atom stereocenters. The van der Waals surface area contributed by atoms with Crippen molar-refractivity contribution in [3.05, 3.63) is 45.7 Å². The average Bonchev–Trinajstić information content (AvgIpc) is 2.40. The van der Waals surface area contributed by atoms with E-state index in [4.69, 9.17) is 16.4 Å². The van der Waals surface area contributed by atoms with Gasteiger partial charge in [0.25, 0.3) is 0 Å². The van der Waals surface area contributed by atoms with Crippen LogP contribution in [0.25, 0.3) is 11.3 Å². The summed E-state index contributed by atoms with van der Waals surface area (Å²) in [4.78, 5) is 16.5. The molecule has 0 aromatic heterocycles. The first-order valence-corrected chi connectivity index (χ1v) is 4.47. The Kier molecular flexibility index (Phi) is 2.17. The van der Waals surface area contributed by atoms with Crippen LogP contribution in [0.3, 0.4) is 0 Å². The van der Waals surface area contributed by atoms with Gasteiger partial charge in [0.2, 0.25) is 0 Å². The van der Waals surface area contributed by atoms with Gasteiger partial charge in [0.1, 0.15) is 12.1 Å². The van der Waals surface area contributed by atoms with Gasteiger partial charge in [-0.2, -0.15) is 0 Å². The Labute approximate surface area is 85.8 Å². The van der Waals surface area contributed by atoms with E-state index < -0.39 is 0 Å². The van der Waals surface area contributed by atoms with Gasteiger partial charge < -0.3 is 4.84 Å². The monoisotopic (exact) mass is 209 g/mol. The molecule has 2 rings (SSSR count). The van der Waals surface area contributed by atoms with Gasteiger partial charge in [-0.1, -0.05) is 35.9 Å². The topological polar surface area (TPSA) is 31.2 Å². The predicted molar refractivity (Wildman–Crippen MR) is 54.8 cm³/mol. The molecule has 0 atom stereocenters. The summed E-state index contributed by atoms with van der Waals surface area (Å²) in [6, 6.07) is 9.09. The number of halogens is 1. The van der Waals surface area contributed by atoms with Crippen LogP contribution in [0, 0.1) is 0 Å². The van der Waals surface area contributed by atoms with Gasteiger partial charge >= 0.3 is 5.56 Å². The van der Waals surface area contributed by atoms with Crippen molar-refractivity contribution in [3.63, 3.8) is 0 Å². The summed E-state index contributed by atoms with van der Waals surface area (Å²) in [5, 5.41) is 0.193. The van der Waals surface area contributed by atoms with Crippen molar-refractivity contribution in [3.8, 4) is 11.3 Å². The predicted octanol–water partition coefficient (Wildman–Crippen LogP) is 1.66. The molecule has 14 heavy (non-hydrogen) atoms. The molecule has 72 valence electrons. The molecule has 2 aliphatic rings. The lowest BCUT2D eigenvalue weighted by Crippen LogP contribution is -2.20. The lowest BCUT2D eigenvalue weighted by molar-refractivity contribution is 0.164. The molecule has 1 heterocycles. The minimum atomic E-state index is -0.324. The molecule has 1 aliphatic heterocycles. The lowest BCUT2D eigenvalue weighted by Gasteiger charge is -2.00. The second-order valence-electron chi connectivity index (χ2n) is 2.81. The van der Waals surface area contributed by atoms with Crippen molar-refractivity contribution >= 4 is 11.6 Å². The molecule has 0 radical (unpaired) electrons. The maximum absolute atomic E-state index is 11.5. The quantitative estimate of drug-likeness (QED) is 0.716. The van der Waals surface area contributed by atoms with Crippen molar-refractivity contribution in [2.75, 3.05) is 7.11 Å². The second kappa shape index (κ2) is 3.35. The molecule has 0 bridgehead atoms. The summed E-state index contributed by atoms with van der Waals surface area (Å²) in [7, 11) is 1.43. The van der Waals surface area contributed by atoms with E-state index in [0.717, 1.165) is 0 Å². The standard InChI is InChI=1S/C10H8ClNO2/c1-14-12-8-6-4-2-3-5-7(8)9(11)10(12)13/h2-6H,1H3. The van der Waals surface area contributed by atoms with Crippen molar-refractivity contribution in [1.29, 1.82) is 0 Å². The van der Waals surface area contributed by atoms with E-state index in [9.17, 15) is 4.79 Å². The molecule has 0 N–H and O–H groups in total. The smallest absolute Gasteiger partial charge is 0.303 e. The fourth-order valence-corrected chi connectivity index (χ4v) is 1.63. The molecular weight excluding hydrogens is 202 g/mol. The third kappa shape index (κ3) is 1.17. The first-order chi connectivity index (χ1) is 6.75. The van der Waals surface area contributed by atoms with E-state index in [1.165, 1.54) is 11.8 Å². The number of fused-ring (bicyclic) bond motifs is 1. The number of hydrogen-bond acceptors (Lipinski definition) is 2. The highest BCUT2D eigenvalue weighted by atomic mass is 35.5. The van der Waals surface area contributed by atoms with Crippen LogP contribution in [-0.2, 0) is 0 Å². The van der Waals surface area contributed by atoms with Crippen LogP contribution in [0.4, 0.5) is 0 Å². The molecule has 0 amide bonds.